The van der Waals surface area contributed by atoms with Crippen molar-refractivity contribution >= 4 is 23.4 Å². The fourth-order valence-corrected chi connectivity index (χ4v) is 3.21. The topological polar surface area (TPSA) is 41.1 Å². The molecule has 4 nitrogen and oxygen atoms in total. The van der Waals surface area contributed by atoms with Crippen molar-refractivity contribution in [3.8, 4) is 0 Å². The van der Waals surface area contributed by atoms with Crippen LogP contribution in [0.1, 0.15) is 36.6 Å². The van der Waals surface area contributed by atoms with Crippen LogP contribution in [0.25, 0.3) is 0 Å². The highest BCUT2D eigenvalue weighted by molar-refractivity contribution is 6.30. The van der Waals surface area contributed by atoms with Gasteiger partial charge < -0.3 is 10.2 Å². The van der Waals surface area contributed by atoms with E-state index in [4.69, 9.17) is 16.6 Å². The fraction of sp³-hybridized carbons (Fsp3) is 0.444. The van der Waals surface area contributed by atoms with E-state index in [1.54, 1.807) is 0 Å². The Hall–Kier alpha value is -1.81. The summed E-state index contributed by atoms with van der Waals surface area (Å²) in [6.07, 6.45) is 4.39. The van der Waals surface area contributed by atoms with Crippen LogP contribution < -0.4 is 10.2 Å². The van der Waals surface area contributed by atoms with E-state index >= 15 is 0 Å². The molecule has 1 fully saturated rings. The molecule has 5 heteroatoms. The molecule has 1 saturated carbocycles. The normalized spacial score (nSPS) is 17.0. The SMILES string of the molecule is CCc1cc(N2CCc3cc(Cl)ccc3C2)nc(NC2CC2)n1. The first kappa shape index (κ1) is 14.8. The zero-order chi connectivity index (χ0) is 15.8. The number of rotatable bonds is 4. The molecule has 0 bridgehead atoms. The molecule has 0 unspecified atom stereocenters. The van der Waals surface area contributed by atoms with E-state index in [0.717, 1.165) is 48.4 Å². The Morgan fingerprint density at radius 1 is 1.22 bits per heavy atom. The quantitative estimate of drug-likeness (QED) is 0.926. The highest BCUT2D eigenvalue weighted by atomic mass is 35.5. The highest BCUT2D eigenvalue weighted by Gasteiger charge is 2.23. The number of nitrogens with zero attached hydrogens (tertiary/aromatic N) is 3. The molecule has 1 N–H and O–H groups in total. The molecular weight excluding hydrogens is 308 g/mol. The van der Waals surface area contributed by atoms with Gasteiger partial charge in [0, 0.05) is 35.9 Å². The number of anilines is 2. The zero-order valence-electron chi connectivity index (χ0n) is 13.3. The van der Waals surface area contributed by atoms with Gasteiger partial charge in [-0.05, 0) is 48.9 Å². The number of aryl methyl sites for hydroxylation is 1. The lowest BCUT2D eigenvalue weighted by atomic mass is 10.00. The lowest BCUT2D eigenvalue weighted by Crippen LogP contribution is -2.31. The molecular formula is C18H21ClN4. The Morgan fingerprint density at radius 3 is 2.87 bits per heavy atom. The third kappa shape index (κ3) is 3.27. The lowest BCUT2D eigenvalue weighted by Gasteiger charge is -2.30. The van der Waals surface area contributed by atoms with Gasteiger partial charge in [-0.25, -0.2) is 4.98 Å². The molecule has 4 rings (SSSR count). The predicted octanol–water partition coefficient (Wildman–Crippen LogP) is 3.83. The summed E-state index contributed by atoms with van der Waals surface area (Å²) in [4.78, 5) is 11.7. The van der Waals surface area contributed by atoms with Gasteiger partial charge in [0.05, 0.1) is 0 Å². The molecule has 23 heavy (non-hydrogen) atoms. The van der Waals surface area contributed by atoms with Crippen LogP contribution in [0.15, 0.2) is 24.3 Å². The smallest absolute Gasteiger partial charge is 0.225 e. The Balaban J connectivity index is 1.60. The van der Waals surface area contributed by atoms with Gasteiger partial charge in [-0.3, -0.25) is 0 Å². The average molecular weight is 329 g/mol. The van der Waals surface area contributed by atoms with Gasteiger partial charge in [0.25, 0.3) is 0 Å². The minimum atomic E-state index is 0.569. The van der Waals surface area contributed by atoms with E-state index in [0.29, 0.717) is 6.04 Å². The van der Waals surface area contributed by atoms with Crippen LogP contribution in [0.3, 0.4) is 0 Å². The van der Waals surface area contributed by atoms with Gasteiger partial charge in [0.2, 0.25) is 5.95 Å². The molecule has 2 aliphatic rings. The van der Waals surface area contributed by atoms with Crippen molar-refractivity contribution in [3.05, 3.63) is 46.1 Å². The van der Waals surface area contributed by atoms with E-state index in [2.05, 4.69) is 40.3 Å². The second-order valence-electron chi connectivity index (χ2n) is 6.40. The van der Waals surface area contributed by atoms with Crippen LogP contribution in [-0.2, 0) is 19.4 Å². The van der Waals surface area contributed by atoms with Crippen LogP contribution in [0.4, 0.5) is 11.8 Å². The first-order chi connectivity index (χ1) is 11.2. The number of halogens is 1. The van der Waals surface area contributed by atoms with Gasteiger partial charge in [-0.2, -0.15) is 4.98 Å². The summed E-state index contributed by atoms with van der Waals surface area (Å²) in [5, 5.41) is 4.25. The first-order valence-corrected chi connectivity index (χ1v) is 8.76. The van der Waals surface area contributed by atoms with Crippen LogP contribution in [-0.4, -0.2) is 22.6 Å². The third-order valence-corrected chi connectivity index (χ3v) is 4.78. The molecule has 0 radical (unpaired) electrons. The summed E-state index contributed by atoms with van der Waals surface area (Å²) in [5.41, 5.74) is 3.80. The van der Waals surface area contributed by atoms with Gasteiger partial charge in [0.15, 0.2) is 0 Å². The van der Waals surface area contributed by atoms with Crippen molar-refractivity contribution in [3.63, 3.8) is 0 Å². The summed E-state index contributed by atoms with van der Waals surface area (Å²) in [6.45, 7) is 3.99. The van der Waals surface area contributed by atoms with Crippen molar-refractivity contribution in [1.29, 1.82) is 0 Å². The van der Waals surface area contributed by atoms with Crippen LogP contribution in [0, 0.1) is 0 Å². The first-order valence-electron chi connectivity index (χ1n) is 8.38. The molecule has 0 amide bonds. The lowest BCUT2D eigenvalue weighted by molar-refractivity contribution is 0.717. The van der Waals surface area contributed by atoms with Crippen molar-refractivity contribution in [2.24, 2.45) is 0 Å². The minimum absolute atomic E-state index is 0.569. The molecule has 1 aromatic carbocycles. The van der Waals surface area contributed by atoms with Gasteiger partial charge in [0.1, 0.15) is 5.82 Å². The molecule has 120 valence electrons. The maximum absolute atomic E-state index is 6.10. The van der Waals surface area contributed by atoms with Crippen LogP contribution in [0.2, 0.25) is 5.02 Å². The summed E-state index contributed by atoms with van der Waals surface area (Å²) in [5.74, 6) is 1.81. The Bertz CT molecular complexity index is 727. The minimum Gasteiger partial charge on any atom is -0.352 e. The number of aromatic nitrogens is 2. The van der Waals surface area contributed by atoms with E-state index in [-0.39, 0.29) is 0 Å². The van der Waals surface area contributed by atoms with Gasteiger partial charge in [-0.15, -0.1) is 0 Å². The standard InChI is InChI=1S/C18H21ClN4/c1-2-15-10-17(22-18(20-15)21-16-5-6-16)23-8-7-12-9-14(19)4-3-13(12)11-23/h3-4,9-10,16H,2,5-8,11H2,1H3,(H,20,21,22). The van der Waals surface area contributed by atoms with E-state index in [1.165, 1.54) is 24.0 Å². The predicted molar refractivity (Wildman–Crippen MR) is 94.3 cm³/mol. The zero-order valence-corrected chi connectivity index (χ0v) is 14.1. The van der Waals surface area contributed by atoms with Crippen LogP contribution in [0.5, 0.6) is 0 Å². The van der Waals surface area contributed by atoms with Crippen molar-refractivity contribution < 1.29 is 0 Å². The maximum atomic E-state index is 6.10. The molecule has 1 aromatic heterocycles. The summed E-state index contributed by atoms with van der Waals surface area (Å²) < 4.78 is 0. The van der Waals surface area contributed by atoms with E-state index < -0.39 is 0 Å². The molecule has 0 atom stereocenters. The summed E-state index contributed by atoms with van der Waals surface area (Å²) in [6, 6.07) is 8.89. The largest absolute Gasteiger partial charge is 0.352 e. The Morgan fingerprint density at radius 2 is 2.09 bits per heavy atom. The molecule has 0 saturated heterocycles. The van der Waals surface area contributed by atoms with Gasteiger partial charge >= 0.3 is 0 Å². The molecule has 2 aromatic rings. The fourth-order valence-electron chi connectivity index (χ4n) is 3.02. The number of benzene rings is 1. The molecule has 0 spiro atoms. The molecule has 1 aliphatic carbocycles. The van der Waals surface area contributed by atoms with E-state index in [9.17, 15) is 0 Å². The van der Waals surface area contributed by atoms with Crippen molar-refractivity contribution in [2.75, 3.05) is 16.8 Å². The monoisotopic (exact) mass is 328 g/mol. The number of nitrogens with one attached hydrogen (secondary N) is 1. The Labute approximate surface area is 141 Å². The number of fused-ring (bicyclic) bond motifs is 1. The third-order valence-electron chi connectivity index (χ3n) is 4.54. The summed E-state index contributed by atoms with van der Waals surface area (Å²) >= 11 is 6.10. The van der Waals surface area contributed by atoms with E-state index in [1.807, 2.05) is 6.07 Å². The van der Waals surface area contributed by atoms with Gasteiger partial charge in [-0.1, -0.05) is 24.6 Å². The van der Waals surface area contributed by atoms with Crippen molar-refractivity contribution in [2.45, 2.75) is 45.2 Å². The Kier molecular flexibility index (Phi) is 3.85. The highest BCUT2D eigenvalue weighted by Crippen LogP contribution is 2.28. The maximum Gasteiger partial charge on any atom is 0.225 e. The average Bonchev–Trinajstić information content (AvgIpc) is 3.38. The summed E-state index contributed by atoms with van der Waals surface area (Å²) in [7, 11) is 0. The molecule has 2 heterocycles. The second-order valence-corrected chi connectivity index (χ2v) is 6.83. The van der Waals surface area contributed by atoms with Crippen molar-refractivity contribution in [1.82, 2.24) is 9.97 Å². The number of hydrogen-bond acceptors (Lipinski definition) is 4. The van der Waals surface area contributed by atoms with Crippen LogP contribution >= 0.6 is 11.6 Å². The molecule has 1 aliphatic heterocycles. The number of hydrogen-bond donors (Lipinski definition) is 1. The second kappa shape index (κ2) is 6.00.